The molecule has 1 heterocycles. The van der Waals surface area contributed by atoms with E-state index in [4.69, 9.17) is 11.6 Å². The van der Waals surface area contributed by atoms with Gasteiger partial charge in [0.1, 0.15) is 0 Å². The summed E-state index contributed by atoms with van der Waals surface area (Å²) in [6.45, 7) is 0.249. The van der Waals surface area contributed by atoms with Crippen LogP contribution in [0.4, 0.5) is 0 Å². The number of carbonyl (C=O) groups excluding carboxylic acids is 1. The van der Waals surface area contributed by atoms with Crippen LogP contribution in [0.3, 0.4) is 0 Å². The summed E-state index contributed by atoms with van der Waals surface area (Å²) in [6, 6.07) is 12.6. The molecule has 0 saturated carbocycles. The normalized spacial score (nSPS) is 18.9. The molecule has 1 atom stereocenters. The van der Waals surface area contributed by atoms with Gasteiger partial charge in [0.05, 0.1) is 21.7 Å². The van der Waals surface area contributed by atoms with E-state index < -0.39 is 24.9 Å². The highest BCUT2D eigenvalue weighted by molar-refractivity contribution is 7.96. The van der Waals surface area contributed by atoms with E-state index in [0.29, 0.717) is 10.6 Å². The van der Waals surface area contributed by atoms with Crippen LogP contribution in [0.25, 0.3) is 0 Å². The second kappa shape index (κ2) is 7.61. The van der Waals surface area contributed by atoms with Crippen molar-refractivity contribution in [1.29, 1.82) is 0 Å². The number of hydrogen-bond acceptors (Lipinski definition) is 5. The molecule has 27 heavy (non-hydrogen) atoms. The molecule has 9 heteroatoms. The second-order valence-corrected chi connectivity index (χ2v) is 11.2. The Balaban J connectivity index is 1.69. The number of sulfone groups is 2. The van der Waals surface area contributed by atoms with E-state index in [1.807, 2.05) is 6.07 Å². The van der Waals surface area contributed by atoms with Gasteiger partial charge in [0.15, 0.2) is 19.7 Å². The van der Waals surface area contributed by atoms with Gasteiger partial charge in [-0.25, -0.2) is 16.8 Å². The molecule has 1 unspecified atom stereocenters. The molecule has 0 bridgehead atoms. The molecule has 0 aromatic heterocycles. The summed E-state index contributed by atoms with van der Waals surface area (Å²) in [5, 5.41) is 2.35. The van der Waals surface area contributed by atoms with Crippen LogP contribution >= 0.6 is 11.6 Å². The number of hydrogen-bond donors (Lipinski definition) is 1. The SMILES string of the molecule is O=C(NCc1ccccc1Cl)c1ccc(S(=O)(=O)C2CCS(=O)(=O)C2)cc1. The molecule has 6 nitrogen and oxygen atoms in total. The van der Waals surface area contributed by atoms with E-state index in [-0.39, 0.29) is 35.3 Å². The highest BCUT2D eigenvalue weighted by Gasteiger charge is 2.37. The molecular weight excluding hydrogens is 410 g/mol. The van der Waals surface area contributed by atoms with Crippen molar-refractivity contribution in [3.8, 4) is 0 Å². The third kappa shape index (κ3) is 4.51. The van der Waals surface area contributed by atoms with E-state index in [0.717, 1.165) is 5.56 Å². The van der Waals surface area contributed by atoms with E-state index in [1.165, 1.54) is 24.3 Å². The summed E-state index contributed by atoms with van der Waals surface area (Å²) in [7, 11) is -7.04. The minimum absolute atomic E-state index is 0.0206. The minimum atomic E-state index is -3.74. The third-order valence-corrected chi connectivity index (χ3v) is 9.03. The van der Waals surface area contributed by atoms with Crippen LogP contribution in [-0.4, -0.2) is 39.5 Å². The first-order valence-corrected chi connectivity index (χ1v) is 12.0. The van der Waals surface area contributed by atoms with E-state index in [9.17, 15) is 21.6 Å². The average molecular weight is 428 g/mol. The van der Waals surface area contributed by atoms with Gasteiger partial charge in [0, 0.05) is 17.1 Å². The molecule has 3 rings (SSSR count). The molecule has 0 radical (unpaired) electrons. The van der Waals surface area contributed by atoms with Gasteiger partial charge in [-0.15, -0.1) is 0 Å². The highest BCUT2D eigenvalue weighted by Crippen LogP contribution is 2.25. The smallest absolute Gasteiger partial charge is 0.251 e. The number of carbonyl (C=O) groups is 1. The lowest BCUT2D eigenvalue weighted by molar-refractivity contribution is 0.0951. The summed E-state index contributed by atoms with van der Waals surface area (Å²) in [6.07, 6.45) is 0.102. The lowest BCUT2D eigenvalue weighted by atomic mass is 10.2. The zero-order valence-corrected chi connectivity index (χ0v) is 16.6. The number of amides is 1. The number of benzene rings is 2. The summed E-state index contributed by atoms with van der Waals surface area (Å²) >= 11 is 6.05. The van der Waals surface area contributed by atoms with Gasteiger partial charge in [-0.1, -0.05) is 29.8 Å². The fraction of sp³-hybridized carbons (Fsp3) is 0.278. The van der Waals surface area contributed by atoms with Crippen molar-refractivity contribution in [2.45, 2.75) is 23.1 Å². The Morgan fingerprint density at radius 2 is 1.78 bits per heavy atom. The highest BCUT2D eigenvalue weighted by atomic mass is 35.5. The molecule has 1 saturated heterocycles. The van der Waals surface area contributed by atoms with Crippen LogP contribution in [0, 0.1) is 0 Å². The molecule has 2 aromatic carbocycles. The fourth-order valence-corrected chi connectivity index (χ4v) is 7.48. The van der Waals surface area contributed by atoms with Crippen LogP contribution in [0.2, 0.25) is 5.02 Å². The van der Waals surface area contributed by atoms with Crippen LogP contribution in [0.5, 0.6) is 0 Å². The molecule has 2 aromatic rings. The van der Waals surface area contributed by atoms with Crippen LogP contribution < -0.4 is 5.32 Å². The van der Waals surface area contributed by atoms with Crippen molar-refractivity contribution in [1.82, 2.24) is 5.32 Å². The van der Waals surface area contributed by atoms with Gasteiger partial charge in [0.2, 0.25) is 0 Å². The lowest BCUT2D eigenvalue weighted by Crippen LogP contribution is -2.24. The van der Waals surface area contributed by atoms with Crippen molar-refractivity contribution in [3.63, 3.8) is 0 Å². The Kier molecular flexibility index (Phi) is 5.60. The van der Waals surface area contributed by atoms with Crippen molar-refractivity contribution >= 4 is 37.2 Å². The van der Waals surface area contributed by atoms with E-state index in [2.05, 4.69) is 5.32 Å². The van der Waals surface area contributed by atoms with Gasteiger partial charge in [-0.2, -0.15) is 0 Å². The van der Waals surface area contributed by atoms with Crippen LogP contribution in [0.15, 0.2) is 53.4 Å². The summed E-state index contributed by atoms with van der Waals surface area (Å²) in [5.41, 5.74) is 1.08. The second-order valence-electron chi connectivity index (χ2n) is 6.37. The standard InChI is InChI=1S/C18H18ClNO5S2/c19-17-4-2-1-3-14(17)11-20-18(21)13-5-7-15(8-6-13)27(24,25)16-9-10-26(22,23)12-16/h1-8,16H,9-12H2,(H,20,21). The predicted molar refractivity (Wildman–Crippen MR) is 103 cm³/mol. The maximum absolute atomic E-state index is 12.6. The Morgan fingerprint density at radius 3 is 2.37 bits per heavy atom. The summed E-state index contributed by atoms with van der Waals surface area (Å²) in [4.78, 5) is 12.3. The van der Waals surface area contributed by atoms with Crippen LogP contribution in [0.1, 0.15) is 22.3 Å². The summed E-state index contributed by atoms with van der Waals surface area (Å²) in [5.74, 6) is -0.822. The zero-order chi connectivity index (χ0) is 19.7. The van der Waals surface area contributed by atoms with Crippen molar-refractivity contribution in [2.75, 3.05) is 11.5 Å². The third-order valence-electron chi connectivity index (χ3n) is 4.47. The molecule has 0 aliphatic carbocycles. The quantitative estimate of drug-likeness (QED) is 0.789. The largest absolute Gasteiger partial charge is 0.348 e. The van der Waals surface area contributed by atoms with Gasteiger partial charge < -0.3 is 5.32 Å². The fourth-order valence-electron chi connectivity index (χ4n) is 2.91. The Morgan fingerprint density at radius 1 is 1.11 bits per heavy atom. The van der Waals surface area contributed by atoms with Gasteiger partial charge in [-0.3, -0.25) is 4.79 Å². The van der Waals surface area contributed by atoms with Gasteiger partial charge >= 0.3 is 0 Å². The molecule has 1 amide bonds. The van der Waals surface area contributed by atoms with Crippen molar-refractivity contribution < 1.29 is 21.6 Å². The first-order valence-electron chi connectivity index (χ1n) is 8.25. The van der Waals surface area contributed by atoms with Crippen molar-refractivity contribution in [2.24, 2.45) is 0 Å². The van der Waals surface area contributed by atoms with E-state index >= 15 is 0 Å². The predicted octanol–water partition coefficient (Wildman–Crippen LogP) is 2.23. The topological polar surface area (TPSA) is 97.4 Å². The summed E-state index contributed by atoms with van der Waals surface area (Å²) < 4.78 is 48.2. The van der Waals surface area contributed by atoms with Crippen LogP contribution in [-0.2, 0) is 26.2 Å². The molecule has 1 aliphatic heterocycles. The average Bonchev–Trinajstić information content (AvgIpc) is 3.01. The number of nitrogens with one attached hydrogen (secondary N) is 1. The molecule has 0 spiro atoms. The van der Waals surface area contributed by atoms with Gasteiger partial charge in [-0.05, 0) is 42.3 Å². The molecule has 144 valence electrons. The van der Waals surface area contributed by atoms with Gasteiger partial charge in [0.25, 0.3) is 5.91 Å². The lowest BCUT2D eigenvalue weighted by Gasteiger charge is -2.11. The number of halogens is 1. The molecule has 1 aliphatic rings. The Bertz CT molecular complexity index is 1060. The minimum Gasteiger partial charge on any atom is -0.348 e. The maximum atomic E-state index is 12.6. The molecular formula is C18H18ClNO5S2. The Hall–Kier alpha value is -1.90. The maximum Gasteiger partial charge on any atom is 0.251 e. The first kappa shape index (κ1) is 19.9. The van der Waals surface area contributed by atoms with Crippen molar-refractivity contribution in [3.05, 3.63) is 64.7 Å². The van der Waals surface area contributed by atoms with E-state index in [1.54, 1.807) is 18.2 Å². The monoisotopic (exact) mass is 427 g/mol. The Labute approximate surface area is 163 Å². The molecule has 1 fully saturated rings. The first-order chi connectivity index (χ1) is 12.7. The molecule has 1 N–H and O–H groups in total. The number of rotatable bonds is 5. The zero-order valence-electron chi connectivity index (χ0n) is 14.3.